The Kier molecular flexibility index (Phi) is 4.70. The molecule has 2 N–H and O–H groups in total. The van der Waals surface area contributed by atoms with Crippen molar-refractivity contribution in [2.75, 3.05) is 11.9 Å². The van der Waals surface area contributed by atoms with Crippen LogP contribution in [0.2, 0.25) is 0 Å². The number of carbonyl (C=O) groups is 1. The van der Waals surface area contributed by atoms with Crippen molar-refractivity contribution in [2.45, 2.75) is 20.0 Å². The molecule has 1 unspecified atom stereocenters. The third-order valence-corrected chi connectivity index (χ3v) is 2.46. The number of aromatic amines is 1. The summed E-state index contributed by atoms with van der Waals surface area (Å²) >= 11 is 0. The summed E-state index contributed by atoms with van der Waals surface area (Å²) in [4.78, 5) is 15.8. The second-order valence-corrected chi connectivity index (χ2v) is 4.11. The Morgan fingerprint density at radius 1 is 1.52 bits per heavy atom. The normalized spacial score (nSPS) is 11.8. The number of amides is 1. The maximum Gasteiger partial charge on any atom is 0.337 e. The van der Waals surface area contributed by atoms with Crippen molar-refractivity contribution in [3.63, 3.8) is 0 Å². The minimum Gasteiger partial charge on any atom is -0.481 e. The van der Waals surface area contributed by atoms with E-state index < -0.39 is 17.8 Å². The first-order chi connectivity index (χ1) is 10.1. The van der Waals surface area contributed by atoms with E-state index in [9.17, 15) is 9.18 Å². The summed E-state index contributed by atoms with van der Waals surface area (Å²) in [6.07, 6.45) is -0.826. The molecule has 8 heteroatoms. The van der Waals surface area contributed by atoms with Gasteiger partial charge in [0.1, 0.15) is 11.6 Å². The predicted octanol–water partition coefficient (Wildman–Crippen LogP) is 1.75. The lowest BCUT2D eigenvalue weighted by Gasteiger charge is -2.13. The van der Waals surface area contributed by atoms with Crippen molar-refractivity contribution in [3.8, 4) is 11.8 Å². The summed E-state index contributed by atoms with van der Waals surface area (Å²) in [5, 5.41) is 8.75. The number of halogens is 1. The van der Waals surface area contributed by atoms with Gasteiger partial charge in [-0.25, -0.2) is 9.49 Å². The fourth-order valence-corrected chi connectivity index (χ4v) is 1.51. The van der Waals surface area contributed by atoms with Crippen LogP contribution in [0.4, 0.5) is 10.3 Å². The van der Waals surface area contributed by atoms with Gasteiger partial charge in [0.25, 0.3) is 5.91 Å². The first-order valence-corrected chi connectivity index (χ1v) is 6.36. The molecule has 1 atom stereocenters. The average molecular weight is 294 g/mol. The Hall–Kier alpha value is -2.64. The Bertz CT molecular complexity index is 617. The molecule has 0 radical (unpaired) electrons. The lowest BCUT2D eigenvalue weighted by Crippen LogP contribution is -2.30. The molecule has 0 bridgehead atoms. The standard InChI is InChI=1S/C13H15FN4O3/c1-3-20-13-16-12(17-18-13)15-11(19)8(2)21-10-6-4-5-9(14)7-10/h4-8H,3H2,1-2H3,(H2,15,16,17,18,19). The van der Waals surface area contributed by atoms with Gasteiger partial charge >= 0.3 is 6.01 Å². The maximum absolute atomic E-state index is 13.0. The zero-order valence-corrected chi connectivity index (χ0v) is 11.6. The molecule has 7 nitrogen and oxygen atoms in total. The van der Waals surface area contributed by atoms with Crippen LogP contribution in [0.25, 0.3) is 0 Å². The van der Waals surface area contributed by atoms with E-state index in [0.29, 0.717) is 6.61 Å². The Labute approximate surface area is 120 Å². The lowest BCUT2D eigenvalue weighted by atomic mass is 10.3. The summed E-state index contributed by atoms with van der Waals surface area (Å²) in [5.74, 6) is -0.460. The molecular weight excluding hydrogens is 279 g/mol. The van der Waals surface area contributed by atoms with E-state index in [2.05, 4.69) is 20.5 Å². The summed E-state index contributed by atoms with van der Waals surface area (Å²) in [5.41, 5.74) is 0. The van der Waals surface area contributed by atoms with E-state index in [1.807, 2.05) is 0 Å². The van der Waals surface area contributed by atoms with Crippen LogP contribution in [0.15, 0.2) is 24.3 Å². The number of anilines is 1. The third-order valence-electron chi connectivity index (χ3n) is 2.46. The van der Waals surface area contributed by atoms with Gasteiger partial charge in [0.05, 0.1) is 6.61 Å². The number of nitrogens with one attached hydrogen (secondary N) is 2. The van der Waals surface area contributed by atoms with Crippen LogP contribution in [0.1, 0.15) is 13.8 Å². The van der Waals surface area contributed by atoms with Gasteiger partial charge in [0, 0.05) is 6.07 Å². The molecule has 0 saturated carbocycles. The highest BCUT2D eigenvalue weighted by Gasteiger charge is 2.17. The zero-order valence-electron chi connectivity index (χ0n) is 11.6. The topological polar surface area (TPSA) is 89.1 Å². The van der Waals surface area contributed by atoms with Crippen molar-refractivity contribution in [2.24, 2.45) is 0 Å². The molecule has 0 spiro atoms. The van der Waals surface area contributed by atoms with E-state index in [-0.39, 0.29) is 17.7 Å². The fourth-order valence-electron chi connectivity index (χ4n) is 1.51. The molecule has 2 rings (SSSR count). The average Bonchev–Trinajstić information content (AvgIpc) is 2.86. The predicted molar refractivity (Wildman–Crippen MR) is 72.7 cm³/mol. The molecule has 0 fully saturated rings. The van der Waals surface area contributed by atoms with Crippen molar-refractivity contribution < 1.29 is 18.7 Å². The number of carbonyl (C=O) groups excluding carboxylic acids is 1. The van der Waals surface area contributed by atoms with Crippen molar-refractivity contribution in [1.82, 2.24) is 15.2 Å². The second-order valence-electron chi connectivity index (χ2n) is 4.11. The number of nitrogens with zero attached hydrogens (tertiary/aromatic N) is 2. The van der Waals surface area contributed by atoms with Gasteiger partial charge in [-0.1, -0.05) is 6.07 Å². The molecule has 0 saturated heterocycles. The molecule has 0 aliphatic heterocycles. The highest BCUT2D eigenvalue weighted by Crippen LogP contribution is 2.14. The Balaban J connectivity index is 1.92. The first-order valence-electron chi connectivity index (χ1n) is 6.36. The third kappa shape index (κ3) is 4.16. The van der Waals surface area contributed by atoms with Crippen LogP contribution in [0.5, 0.6) is 11.8 Å². The minimum absolute atomic E-state index is 0.145. The van der Waals surface area contributed by atoms with Crippen LogP contribution < -0.4 is 14.8 Å². The van der Waals surface area contributed by atoms with E-state index >= 15 is 0 Å². The number of hydrogen-bond donors (Lipinski definition) is 2. The van der Waals surface area contributed by atoms with Gasteiger partial charge in [-0.15, -0.1) is 5.10 Å². The summed E-state index contributed by atoms with van der Waals surface area (Å²) in [6, 6.07) is 5.70. The molecule has 0 aliphatic carbocycles. The number of H-pyrrole nitrogens is 1. The molecule has 1 aromatic carbocycles. The molecule has 1 heterocycles. The van der Waals surface area contributed by atoms with Crippen LogP contribution >= 0.6 is 0 Å². The van der Waals surface area contributed by atoms with Crippen molar-refractivity contribution >= 4 is 11.9 Å². The van der Waals surface area contributed by atoms with E-state index in [1.54, 1.807) is 19.9 Å². The highest BCUT2D eigenvalue weighted by atomic mass is 19.1. The van der Waals surface area contributed by atoms with Gasteiger partial charge in [0.2, 0.25) is 5.95 Å². The minimum atomic E-state index is -0.826. The smallest absolute Gasteiger partial charge is 0.337 e. The largest absolute Gasteiger partial charge is 0.481 e. The summed E-state index contributed by atoms with van der Waals surface area (Å²) in [7, 11) is 0. The van der Waals surface area contributed by atoms with E-state index in [0.717, 1.165) is 0 Å². The first kappa shape index (κ1) is 14.8. The Morgan fingerprint density at radius 2 is 2.33 bits per heavy atom. The zero-order chi connectivity index (χ0) is 15.2. The lowest BCUT2D eigenvalue weighted by molar-refractivity contribution is -0.122. The molecule has 1 amide bonds. The summed E-state index contributed by atoms with van der Waals surface area (Å²) in [6.45, 7) is 3.76. The van der Waals surface area contributed by atoms with Gasteiger partial charge in [-0.2, -0.15) is 4.98 Å². The van der Waals surface area contributed by atoms with Crippen molar-refractivity contribution in [3.05, 3.63) is 30.1 Å². The molecular formula is C13H15FN4O3. The highest BCUT2D eigenvalue weighted by molar-refractivity contribution is 5.92. The second kappa shape index (κ2) is 6.69. The fraction of sp³-hybridized carbons (Fsp3) is 0.308. The SMILES string of the molecule is CCOc1n[nH]c(NC(=O)C(C)Oc2cccc(F)c2)n1. The van der Waals surface area contributed by atoms with Gasteiger partial charge in [-0.05, 0) is 26.0 Å². The molecule has 21 heavy (non-hydrogen) atoms. The molecule has 112 valence electrons. The molecule has 0 aliphatic rings. The van der Waals surface area contributed by atoms with Crippen LogP contribution in [-0.4, -0.2) is 33.8 Å². The number of rotatable bonds is 6. The van der Waals surface area contributed by atoms with Gasteiger partial charge < -0.3 is 9.47 Å². The molecule has 2 aromatic rings. The van der Waals surface area contributed by atoms with Crippen molar-refractivity contribution in [1.29, 1.82) is 0 Å². The molecule has 1 aromatic heterocycles. The number of ether oxygens (including phenoxy) is 2. The Morgan fingerprint density at radius 3 is 3.05 bits per heavy atom. The maximum atomic E-state index is 13.0. The quantitative estimate of drug-likeness (QED) is 0.847. The van der Waals surface area contributed by atoms with E-state index in [1.165, 1.54) is 18.2 Å². The monoisotopic (exact) mass is 294 g/mol. The summed E-state index contributed by atoms with van der Waals surface area (Å²) < 4.78 is 23.4. The van der Waals surface area contributed by atoms with Crippen LogP contribution in [0.3, 0.4) is 0 Å². The number of benzene rings is 1. The number of hydrogen-bond acceptors (Lipinski definition) is 5. The van der Waals surface area contributed by atoms with Crippen LogP contribution in [0, 0.1) is 5.82 Å². The van der Waals surface area contributed by atoms with Gasteiger partial charge in [-0.3, -0.25) is 10.1 Å². The van der Waals surface area contributed by atoms with Gasteiger partial charge in [0.15, 0.2) is 6.10 Å². The number of aromatic nitrogens is 3. The van der Waals surface area contributed by atoms with Crippen LogP contribution in [-0.2, 0) is 4.79 Å². The van der Waals surface area contributed by atoms with E-state index in [4.69, 9.17) is 9.47 Å².